The van der Waals surface area contributed by atoms with Crippen LogP contribution in [0.2, 0.25) is 5.02 Å². The fourth-order valence-corrected chi connectivity index (χ4v) is 3.55. The van der Waals surface area contributed by atoms with Crippen LogP contribution in [0.4, 0.5) is 13.2 Å². The number of benzene rings is 1. The number of allylic oxidation sites excluding steroid dienone is 2. The summed E-state index contributed by atoms with van der Waals surface area (Å²) in [5, 5.41) is 18.9. The van der Waals surface area contributed by atoms with Crippen LogP contribution in [0.3, 0.4) is 0 Å². The number of hydrogen-bond donors (Lipinski definition) is 2. The lowest BCUT2D eigenvalue weighted by molar-refractivity contribution is -0.147. The maximum Gasteiger partial charge on any atom is 0.416 e. The van der Waals surface area contributed by atoms with Gasteiger partial charge in [0.15, 0.2) is 0 Å². The highest BCUT2D eigenvalue weighted by atomic mass is 35.5. The Morgan fingerprint density at radius 1 is 1.27 bits per heavy atom. The molecule has 1 aliphatic rings. The summed E-state index contributed by atoms with van der Waals surface area (Å²) in [6.45, 7) is 3.08. The third-order valence-corrected chi connectivity index (χ3v) is 4.94. The minimum atomic E-state index is -4.57. The zero-order valence-electron chi connectivity index (χ0n) is 13.9. The third kappa shape index (κ3) is 3.62. The fourth-order valence-electron chi connectivity index (χ4n) is 3.21. The van der Waals surface area contributed by atoms with E-state index < -0.39 is 35.0 Å². The van der Waals surface area contributed by atoms with Crippen molar-refractivity contribution >= 4 is 23.5 Å². The Bertz CT molecular complexity index is 826. The van der Waals surface area contributed by atoms with Gasteiger partial charge in [-0.3, -0.25) is 4.79 Å². The van der Waals surface area contributed by atoms with Gasteiger partial charge in [0.2, 0.25) is 0 Å². The van der Waals surface area contributed by atoms with Crippen molar-refractivity contribution in [1.29, 1.82) is 0 Å². The van der Waals surface area contributed by atoms with Gasteiger partial charge in [-0.05, 0) is 37.1 Å². The number of rotatable bonds is 4. The van der Waals surface area contributed by atoms with Crippen molar-refractivity contribution in [2.45, 2.75) is 32.4 Å². The van der Waals surface area contributed by atoms with E-state index in [-0.39, 0.29) is 22.6 Å². The summed E-state index contributed by atoms with van der Waals surface area (Å²) in [4.78, 5) is 23.4. The summed E-state index contributed by atoms with van der Waals surface area (Å²) in [5.41, 5.74) is -1.99. The number of hydrogen-bond acceptors (Lipinski definition) is 2. The SMILES string of the molecule is CC1=CC(C(=O)O)(C(C)c2ccc(C(F)(F)F)cc2Cl)CC(C(=O)O)=C1. The molecule has 0 spiro atoms. The third-order valence-electron chi connectivity index (χ3n) is 4.61. The highest BCUT2D eigenvalue weighted by Gasteiger charge is 2.46. The second kappa shape index (κ2) is 6.79. The second-order valence-corrected chi connectivity index (χ2v) is 6.75. The van der Waals surface area contributed by atoms with Crippen LogP contribution in [-0.4, -0.2) is 22.2 Å². The highest BCUT2D eigenvalue weighted by Crippen LogP contribution is 2.48. The predicted octanol–water partition coefficient (Wildman–Crippen LogP) is 4.89. The standard InChI is InChI=1S/C18H16ClF3O4/c1-9-5-11(15(23)24)8-17(7-9,16(25)26)10(2)13-4-3-12(6-14(13)19)18(20,21)22/h3-7,10H,8H2,1-2H3,(H,23,24)(H,25,26). The molecule has 1 aromatic carbocycles. The van der Waals surface area contributed by atoms with E-state index >= 15 is 0 Å². The first-order valence-electron chi connectivity index (χ1n) is 7.62. The molecule has 0 saturated carbocycles. The van der Waals surface area contributed by atoms with E-state index in [9.17, 15) is 33.0 Å². The highest BCUT2D eigenvalue weighted by molar-refractivity contribution is 6.31. The van der Waals surface area contributed by atoms with Crippen LogP contribution < -0.4 is 0 Å². The van der Waals surface area contributed by atoms with E-state index in [2.05, 4.69) is 0 Å². The van der Waals surface area contributed by atoms with Gasteiger partial charge < -0.3 is 10.2 Å². The van der Waals surface area contributed by atoms with Gasteiger partial charge >= 0.3 is 18.1 Å². The average molecular weight is 389 g/mol. The van der Waals surface area contributed by atoms with Gasteiger partial charge in [-0.25, -0.2) is 4.79 Å². The molecule has 0 amide bonds. The van der Waals surface area contributed by atoms with Crippen molar-refractivity contribution in [2.75, 3.05) is 0 Å². The molecule has 0 aliphatic heterocycles. The Hall–Kier alpha value is -2.28. The minimum absolute atomic E-state index is 0.0812. The maximum atomic E-state index is 12.8. The molecule has 26 heavy (non-hydrogen) atoms. The first kappa shape index (κ1) is 20.0. The number of carboxylic acid groups (broad SMARTS) is 2. The molecule has 0 saturated heterocycles. The van der Waals surface area contributed by atoms with E-state index in [0.717, 1.165) is 18.2 Å². The molecule has 2 N–H and O–H groups in total. The Morgan fingerprint density at radius 2 is 1.88 bits per heavy atom. The summed E-state index contributed by atoms with van der Waals surface area (Å²) in [5.74, 6) is -3.37. The van der Waals surface area contributed by atoms with Crippen LogP contribution >= 0.6 is 11.6 Å². The zero-order chi connectivity index (χ0) is 19.9. The van der Waals surface area contributed by atoms with Crippen molar-refractivity contribution in [3.8, 4) is 0 Å². The van der Waals surface area contributed by atoms with Crippen LogP contribution in [0.25, 0.3) is 0 Å². The van der Waals surface area contributed by atoms with Crippen LogP contribution in [0, 0.1) is 5.41 Å². The Balaban J connectivity index is 2.55. The molecule has 2 atom stereocenters. The smallest absolute Gasteiger partial charge is 0.416 e. The topological polar surface area (TPSA) is 74.6 Å². The van der Waals surface area contributed by atoms with Gasteiger partial charge in [0.1, 0.15) is 0 Å². The predicted molar refractivity (Wildman–Crippen MR) is 89.0 cm³/mol. The molecule has 1 aromatic rings. The summed E-state index contributed by atoms with van der Waals surface area (Å²) in [6, 6.07) is 2.72. The minimum Gasteiger partial charge on any atom is -0.481 e. The van der Waals surface area contributed by atoms with Crippen LogP contribution in [0.1, 0.15) is 37.3 Å². The van der Waals surface area contributed by atoms with Crippen molar-refractivity contribution in [3.63, 3.8) is 0 Å². The molecule has 0 fully saturated rings. The van der Waals surface area contributed by atoms with Gasteiger partial charge in [0.05, 0.1) is 11.0 Å². The lowest BCUT2D eigenvalue weighted by Gasteiger charge is -2.36. The summed E-state index contributed by atoms with van der Waals surface area (Å²) < 4.78 is 38.4. The second-order valence-electron chi connectivity index (χ2n) is 6.34. The van der Waals surface area contributed by atoms with Crippen LogP contribution in [0.5, 0.6) is 0 Å². The van der Waals surface area contributed by atoms with Crippen molar-refractivity contribution in [2.24, 2.45) is 5.41 Å². The number of aliphatic carboxylic acids is 2. The van der Waals surface area contributed by atoms with E-state index in [1.807, 2.05) is 0 Å². The fraction of sp³-hybridized carbons (Fsp3) is 0.333. The molecule has 4 nitrogen and oxygen atoms in total. The van der Waals surface area contributed by atoms with Gasteiger partial charge in [-0.1, -0.05) is 36.2 Å². The summed E-state index contributed by atoms with van der Waals surface area (Å²) in [6.07, 6.45) is -2.06. The molecule has 0 radical (unpaired) electrons. The molecule has 0 aromatic heterocycles. The molecule has 0 heterocycles. The Kier molecular flexibility index (Phi) is 5.24. The van der Waals surface area contributed by atoms with Crippen molar-refractivity contribution in [3.05, 3.63) is 57.6 Å². The van der Waals surface area contributed by atoms with E-state index in [0.29, 0.717) is 5.57 Å². The normalized spacial score (nSPS) is 21.6. The maximum absolute atomic E-state index is 12.8. The summed E-state index contributed by atoms with van der Waals surface area (Å²) >= 11 is 6.01. The zero-order valence-corrected chi connectivity index (χ0v) is 14.6. The first-order valence-corrected chi connectivity index (χ1v) is 7.99. The van der Waals surface area contributed by atoms with Crippen LogP contribution in [-0.2, 0) is 15.8 Å². The molecule has 2 unspecified atom stereocenters. The van der Waals surface area contributed by atoms with E-state index in [1.165, 1.54) is 19.1 Å². The van der Waals surface area contributed by atoms with E-state index in [4.69, 9.17) is 11.6 Å². The monoisotopic (exact) mass is 388 g/mol. The molecule has 2 rings (SSSR count). The number of carbonyl (C=O) groups is 2. The van der Waals surface area contributed by atoms with Crippen molar-refractivity contribution < 1.29 is 33.0 Å². The summed E-state index contributed by atoms with van der Waals surface area (Å²) in [7, 11) is 0. The largest absolute Gasteiger partial charge is 0.481 e. The first-order chi connectivity index (χ1) is 11.9. The molecule has 8 heteroatoms. The molecule has 1 aliphatic carbocycles. The molecular weight excluding hydrogens is 373 g/mol. The molecule has 140 valence electrons. The Morgan fingerprint density at radius 3 is 2.35 bits per heavy atom. The quantitative estimate of drug-likeness (QED) is 0.769. The lowest BCUT2D eigenvalue weighted by atomic mass is 9.66. The van der Waals surface area contributed by atoms with Gasteiger partial charge in [-0.2, -0.15) is 13.2 Å². The number of alkyl halides is 3. The molecular formula is C18H16ClF3O4. The van der Waals surface area contributed by atoms with Gasteiger partial charge in [0, 0.05) is 16.5 Å². The van der Waals surface area contributed by atoms with Gasteiger partial charge in [-0.15, -0.1) is 0 Å². The Labute approximate surface area is 152 Å². The molecule has 0 bridgehead atoms. The van der Waals surface area contributed by atoms with Crippen LogP contribution in [0.15, 0.2) is 41.5 Å². The van der Waals surface area contributed by atoms with Crippen molar-refractivity contribution in [1.82, 2.24) is 0 Å². The lowest BCUT2D eigenvalue weighted by Crippen LogP contribution is -2.37. The van der Waals surface area contributed by atoms with E-state index in [1.54, 1.807) is 6.92 Å². The van der Waals surface area contributed by atoms with Gasteiger partial charge in [0.25, 0.3) is 0 Å². The number of halogens is 4. The average Bonchev–Trinajstić information content (AvgIpc) is 2.52. The number of carboxylic acids is 2.